The number of sulfonamides is 1. The minimum Gasteiger partial charge on any atom is -0.465 e. The molecule has 1 aliphatic rings. The topological polar surface area (TPSA) is 50.5 Å². The number of alkyl halides is 1. The fourth-order valence-electron chi connectivity index (χ4n) is 2.80. The van der Waals surface area contributed by atoms with Gasteiger partial charge < -0.3 is 4.42 Å². The van der Waals surface area contributed by atoms with Crippen molar-refractivity contribution in [2.45, 2.75) is 37.7 Å². The molecule has 1 aliphatic heterocycles. The van der Waals surface area contributed by atoms with E-state index in [1.54, 1.807) is 13.8 Å². The van der Waals surface area contributed by atoms with Crippen LogP contribution in [0, 0.1) is 13.8 Å². The summed E-state index contributed by atoms with van der Waals surface area (Å²) >= 11 is 5.91. The summed E-state index contributed by atoms with van der Waals surface area (Å²) in [6.07, 6.45) is 0. The number of hydrogen-bond donors (Lipinski definition) is 0. The van der Waals surface area contributed by atoms with Crippen molar-refractivity contribution in [1.82, 2.24) is 4.31 Å². The van der Waals surface area contributed by atoms with E-state index in [0.717, 1.165) is 11.1 Å². The van der Waals surface area contributed by atoms with Gasteiger partial charge in [-0.2, -0.15) is 4.31 Å². The number of benzene rings is 1. The van der Waals surface area contributed by atoms with Gasteiger partial charge in [0.2, 0.25) is 10.0 Å². The third-order valence-electron chi connectivity index (χ3n) is 3.87. The van der Waals surface area contributed by atoms with E-state index in [1.807, 2.05) is 24.3 Å². The summed E-state index contributed by atoms with van der Waals surface area (Å²) < 4.78 is 32.8. The highest BCUT2D eigenvalue weighted by atomic mass is 35.5. The monoisotopic (exact) mass is 325 g/mol. The van der Waals surface area contributed by atoms with Gasteiger partial charge in [-0.25, -0.2) is 8.42 Å². The largest absolute Gasteiger partial charge is 0.465 e. The third kappa shape index (κ3) is 2.29. The molecule has 1 aromatic carbocycles. The van der Waals surface area contributed by atoms with E-state index in [-0.39, 0.29) is 10.8 Å². The van der Waals surface area contributed by atoms with Crippen molar-refractivity contribution in [3.63, 3.8) is 0 Å². The lowest BCUT2D eigenvalue weighted by atomic mass is 10.1. The molecule has 0 bridgehead atoms. The second-order valence-electron chi connectivity index (χ2n) is 5.20. The molecule has 0 saturated heterocycles. The molecule has 0 radical (unpaired) electrons. The van der Waals surface area contributed by atoms with Crippen molar-refractivity contribution < 1.29 is 12.8 Å². The summed E-state index contributed by atoms with van der Waals surface area (Å²) in [5, 5.41) is 0. The Morgan fingerprint density at radius 1 is 1.14 bits per heavy atom. The van der Waals surface area contributed by atoms with Gasteiger partial charge in [0, 0.05) is 18.7 Å². The molecule has 0 N–H and O–H groups in total. The minimum absolute atomic E-state index is 0.124. The standard InChI is InChI=1S/C15H16ClNO3S/c1-10-14(7-16)15(11(2)20-10)21(18,19)17-8-12-5-3-4-6-13(12)9-17/h3-6H,7-9H2,1-2H3. The molecule has 0 spiro atoms. The number of fused-ring (bicyclic) bond motifs is 1. The lowest BCUT2D eigenvalue weighted by Crippen LogP contribution is -2.26. The summed E-state index contributed by atoms with van der Waals surface area (Å²) in [6.45, 7) is 4.19. The van der Waals surface area contributed by atoms with Crippen LogP contribution in [0.2, 0.25) is 0 Å². The highest BCUT2D eigenvalue weighted by Crippen LogP contribution is 2.34. The summed E-state index contributed by atoms with van der Waals surface area (Å²) in [7, 11) is -3.60. The zero-order valence-corrected chi connectivity index (χ0v) is 13.5. The SMILES string of the molecule is Cc1oc(C)c(S(=O)(=O)N2Cc3ccccc3C2)c1CCl. The van der Waals surface area contributed by atoms with Crippen LogP contribution in [0.1, 0.15) is 28.2 Å². The Bertz CT molecular complexity index is 770. The maximum atomic E-state index is 12.9. The first-order valence-electron chi connectivity index (χ1n) is 6.67. The molecular formula is C15H16ClNO3S. The Morgan fingerprint density at radius 2 is 1.71 bits per heavy atom. The molecule has 3 rings (SSSR count). The molecule has 1 aromatic heterocycles. The van der Waals surface area contributed by atoms with Crippen LogP contribution in [0.5, 0.6) is 0 Å². The zero-order chi connectivity index (χ0) is 15.2. The maximum Gasteiger partial charge on any atom is 0.247 e. The molecule has 0 amide bonds. The van der Waals surface area contributed by atoms with Gasteiger partial charge in [-0.1, -0.05) is 24.3 Å². The number of halogens is 1. The Kier molecular flexibility index (Phi) is 3.59. The zero-order valence-electron chi connectivity index (χ0n) is 11.9. The Morgan fingerprint density at radius 3 is 2.24 bits per heavy atom. The molecule has 0 saturated carbocycles. The van der Waals surface area contributed by atoms with E-state index in [1.165, 1.54) is 4.31 Å². The molecule has 2 heterocycles. The Balaban J connectivity index is 2.04. The van der Waals surface area contributed by atoms with Crippen molar-refractivity contribution in [2.24, 2.45) is 0 Å². The van der Waals surface area contributed by atoms with Gasteiger partial charge in [-0.15, -0.1) is 11.6 Å². The van der Waals surface area contributed by atoms with Gasteiger partial charge in [0.25, 0.3) is 0 Å². The highest BCUT2D eigenvalue weighted by Gasteiger charge is 2.35. The van der Waals surface area contributed by atoms with Crippen LogP contribution in [0.3, 0.4) is 0 Å². The molecule has 4 nitrogen and oxygen atoms in total. The van der Waals surface area contributed by atoms with Crippen molar-refractivity contribution in [1.29, 1.82) is 0 Å². The summed E-state index contributed by atoms with van der Waals surface area (Å²) in [6, 6.07) is 7.76. The first kappa shape index (κ1) is 14.6. The van der Waals surface area contributed by atoms with Crippen LogP contribution in [-0.2, 0) is 29.0 Å². The fraction of sp³-hybridized carbons (Fsp3) is 0.333. The number of aryl methyl sites for hydroxylation is 2. The van der Waals surface area contributed by atoms with E-state index in [4.69, 9.17) is 16.0 Å². The molecule has 21 heavy (non-hydrogen) atoms. The van der Waals surface area contributed by atoms with Gasteiger partial charge in [0.15, 0.2) is 0 Å². The van der Waals surface area contributed by atoms with Gasteiger partial charge in [-0.3, -0.25) is 0 Å². The Hall–Kier alpha value is -1.30. The minimum atomic E-state index is -3.60. The quantitative estimate of drug-likeness (QED) is 0.813. The van der Waals surface area contributed by atoms with Gasteiger partial charge in [-0.05, 0) is 25.0 Å². The van der Waals surface area contributed by atoms with Gasteiger partial charge >= 0.3 is 0 Å². The van der Waals surface area contributed by atoms with Crippen LogP contribution in [0.4, 0.5) is 0 Å². The number of nitrogens with zero attached hydrogens (tertiary/aromatic N) is 1. The van der Waals surface area contributed by atoms with Crippen LogP contribution in [-0.4, -0.2) is 12.7 Å². The van der Waals surface area contributed by atoms with Gasteiger partial charge in [0.05, 0.1) is 5.88 Å². The number of hydrogen-bond acceptors (Lipinski definition) is 3. The van der Waals surface area contributed by atoms with Crippen molar-refractivity contribution in [3.8, 4) is 0 Å². The molecule has 0 unspecified atom stereocenters. The number of furan rings is 1. The molecule has 6 heteroatoms. The summed E-state index contributed by atoms with van der Waals surface area (Å²) in [4.78, 5) is 0.225. The lowest BCUT2D eigenvalue weighted by Gasteiger charge is -2.16. The molecule has 0 atom stereocenters. The average molecular weight is 326 g/mol. The van der Waals surface area contributed by atoms with Crippen LogP contribution in [0.25, 0.3) is 0 Å². The van der Waals surface area contributed by atoms with Crippen LogP contribution >= 0.6 is 11.6 Å². The maximum absolute atomic E-state index is 12.9. The normalized spacial score (nSPS) is 15.4. The van der Waals surface area contributed by atoms with E-state index in [0.29, 0.717) is 30.2 Å². The predicted octanol–water partition coefficient (Wildman–Crippen LogP) is 3.34. The Labute approximate surface area is 129 Å². The molecule has 2 aromatic rings. The van der Waals surface area contributed by atoms with Gasteiger partial charge in [0.1, 0.15) is 16.4 Å². The van der Waals surface area contributed by atoms with E-state index in [9.17, 15) is 8.42 Å². The summed E-state index contributed by atoms with van der Waals surface area (Å²) in [5.41, 5.74) is 2.66. The molecule has 112 valence electrons. The highest BCUT2D eigenvalue weighted by molar-refractivity contribution is 7.89. The summed E-state index contributed by atoms with van der Waals surface area (Å²) in [5.74, 6) is 1.09. The van der Waals surface area contributed by atoms with E-state index in [2.05, 4.69) is 0 Å². The second kappa shape index (κ2) is 5.16. The van der Waals surface area contributed by atoms with Crippen molar-refractivity contribution in [3.05, 3.63) is 52.5 Å². The predicted molar refractivity (Wildman–Crippen MR) is 80.6 cm³/mol. The molecular weight excluding hydrogens is 310 g/mol. The van der Waals surface area contributed by atoms with Crippen LogP contribution < -0.4 is 0 Å². The first-order valence-corrected chi connectivity index (χ1v) is 8.64. The average Bonchev–Trinajstić information content (AvgIpc) is 2.99. The first-order chi connectivity index (χ1) is 9.95. The van der Waals surface area contributed by atoms with E-state index < -0.39 is 10.0 Å². The number of rotatable bonds is 3. The fourth-order valence-corrected chi connectivity index (χ4v) is 5.01. The third-order valence-corrected chi connectivity index (χ3v) is 6.12. The lowest BCUT2D eigenvalue weighted by molar-refractivity contribution is 0.428. The molecule has 0 fully saturated rings. The second-order valence-corrected chi connectivity index (χ2v) is 7.34. The van der Waals surface area contributed by atoms with Crippen molar-refractivity contribution >= 4 is 21.6 Å². The smallest absolute Gasteiger partial charge is 0.247 e. The van der Waals surface area contributed by atoms with Crippen molar-refractivity contribution in [2.75, 3.05) is 0 Å². The van der Waals surface area contributed by atoms with Crippen LogP contribution in [0.15, 0.2) is 33.6 Å². The van der Waals surface area contributed by atoms with E-state index >= 15 is 0 Å². The molecule has 0 aliphatic carbocycles.